The van der Waals surface area contributed by atoms with Crippen LogP contribution < -0.4 is 4.90 Å². The second-order valence-corrected chi connectivity index (χ2v) is 4.58. The molecule has 2 rings (SSSR count). The van der Waals surface area contributed by atoms with E-state index in [1.165, 1.54) is 5.69 Å². The predicted molar refractivity (Wildman–Crippen MR) is 75.3 cm³/mol. The number of anilines is 1. The van der Waals surface area contributed by atoms with Crippen LogP contribution >= 0.6 is 0 Å². The predicted octanol–water partition coefficient (Wildman–Crippen LogP) is 2.35. The van der Waals surface area contributed by atoms with Crippen LogP contribution in [0.2, 0.25) is 0 Å². The maximum absolute atomic E-state index is 4.19. The highest BCUT2D eigenvalue weighted by Gasteiger charge is 2.12. The summed E-state index contributed by atoms with van der Waals surface area (Å²) in [4.78, 5) is 8.84. The van der Waals surface area contributed by atoms with Crippen LogP contribution in [-0.2, 0) is 0 Å². The van der Waals surface area contributed by atoms with Gasteiger partial charge < -0.3 is 9.80 Å². The zero-order chi connectivity index (χ0) is 12.6. The average Bonchev–Trinajstić information content (AvgIpc) is 2.66. The van der Waals surface area contributed by atoms with E-state index in [2.05, 4.69) is 39.7 Å². The molecule has 18 heavy (non-hydrogen) atoms. The van der Waals surface area contributed by atoms with E-state index in [4.69, 9.17) is 0 Å². The molecular weight excluding hydrogens is 222 g/mol. The number of rotatable bonds is 2. The highest BCUT2D eigenvalue weighted by atomic mass is 15.2. The molecule has 1 aromatic rings. The molecule has 0 unspecified atom stereocenters. The van der Waals surface area contributed by atoms with Gasteiger partial charge in [-0.25, -0.2) is 0 Å². The number of unbranched alkanes of at least 4 members (excludes halogenated alkanes) is 1. The molecule has 3 nitrogen and oxygen atoms in total. The largest absolute Gasteiger partial charge is 0.368 e. The van der Waals surface area contributed by atoms with Gasteiger partial charge in [-0.1, -0.05) is 12.8 Å². The third kappa shape index (κ3) is 3.66. The number of pyridine rings is 1. The summed E-state index contributed by atoms with van der Waals surface area (Å²) in [5, 5.41) is 0. The molecule has 3 heteroatoms. The molecule has 0 aliphatic carbocycles. The first-order chi connectivity index (χ1) is 8.90. The Morgan fingerprint density at radius 2 is 2.22 bits per heavy atom. The molecule has 1 aromatic heterocycles. The van der Waals surface area contributed by atoms with Gasteiger partial charge in [-0.05, 0) is 25.0 Å². The van der Waals surface area contributed by atoms with Crippen molar-refractivity contribution in [2.24, 2.45) is 0 Å². The summed E-state index contributed by atoms with van der Waals surface area (Å²) in [7, 11) is 0. The van der Waals surface area contributed by atoms with Gasteiger partial charge in [-0.3, -0.25) is 4.98 Å². The molecule has 0 radical (unpaired) electrons. The van der Waals surface area contributed by atoms with Gasteiger partial charge in [-0.2, -0.15) is 0 Å². The Morgan fingerprint density at radius 1 is 1.28 bits per heavy atom. The van der Waals surface area contributed by atoms with E-state index in [0.717, 1.165) is 45.4 Å². The summed E-state index contributed by atoms with van der Waals surface area (Å²) >= 11 is 0. The molecule has 0 amide bonds. The molecule has 0 saturated carbocycles. The van der Waals surface area contributed by atoms with E-state index in [9.17, 15) is 0 Å². The highest BCUT2D eigenvalue weighted by molar-refractivity contribution is 5.43. The Hall–Kier alpha value is -1.69. The Bertz CT molecular complexity index is 405. The third-order valence-electron chi connectivity index (χ3n) is 3.12. The fraction of sp³-hybridized carbons (Fsp3) is 0.533. The molecule has 96 valence electrons. The van der Waals surface area contributed by atoms with Crippen LogP contribution in [0.5, 0.6) is 0 Å². The molecule has 0 spiro atoms. The molecule has 0 atom stereocenters. The van der Waals surface area contributed by atoms with Crippen molar-refractivity contribution in [1.29, 1.82) is 0 Å². The van der Waals surface area contributed by atoms with Crippen LogP contribution in [0.3, 0.4) is 0 Å². The van der Waals surface area contributed by atoms with Crippen molar-refractivity contribution in [1.82, 2.24) is 9.88 Å². The molecule has 0 aromatic carbocycles. The third-order valence-corrected chi connectivity index (χ3v) is 3.12. The first kappa shape index (κ1) is 12.8. The van der Waals surface area contributed by atoms with Gasteiger partial charge in [0.05, 0.1) is 11.9 Å². The van der Waals surface area contributed by atoms with Crippen molar-refractivity contribution in [2.45, 2.75) is 26.2 Å². The van der Waals surface area contributed by atoms with E-state index in [0.29, 0.717) is 0 Å². The Morgan fingerprint density at radius 3 is 3.00 bits per heavy atom. The van der Waals surface area contributed by atoms with Crippen molar-refractivity contribution in [2.75, 3.05) is 31.1 Å². The van der Waals surface area contributed by atoms with Gasteiger partial charge in [-0.15, -0.1) is 0 Å². The molecular formula is C15H21N3. The lowest BCUT2D eigenvalue weighted by Crippen LogP contribution is -2.28. The van der Waals surface area contributed by atoms with Gasteiger partial charge in [0.15, 0.2) is 0 Å². The van der Waals surface area contributed by atoms with Crippen molar-refractivity contribution in [3.8, 4) is 12.0 Å². The SMILES string of the molecule is CCCC#CN1CCCN(c2cccnc2)CC1. The van der Waals surface area contributed by atoms with Gasteiger partial charge in [0, 0.05) is 44.8 Å². The van der Waals surface area contributed by atoms with E-state index in [-0.39, 0.29) is 0 Å². The zero-order valence-corrected chi connectivity index (χ0v) is 11.1. The maximum atomic E-state index is 4.19. The maximum Gasteiger partial charge on any atom is 0.0553 e. The molecule has 1 aliphatic heterocycles. The van der Waals surface area contributed by atoms with Crippen molar-refractivity contribution >= 4 is 5.69 Å². The van der Waals surface area contributed by atoms with Crippen molar-refractivity contribution < 1.29 is 0 Å². The van der Waals surface area contributed by atoms with Gasteiger partial charge in [0.1, 0.15) is 0 Å². The summed E-state index contributed by atoms with van der Waals surface area (Å²) in [6, 6.07) is 7.40. The minimum absolute atomic E-state index is 1.00. The van der Waals surface area contributed by atoms with E-state index < -0.39 is 0 Å². The second-order valence-electron chi connectivity index (χ2n) is 4.58. The summed E-state index contributed by atoms with van der Waals surface area (Å²) < 4.78 is 0. The number of nitrogens with zero attached hydrogens (tertiary/aromatic N) is 3. The summed E-state index contributed by atoms with van der Waals surface area (Å²) in [5.74, 6) is 3.23. The lowest BCUT2D eigenvalue weighted by Gasteiger charge is -2.21. The zero-order valence-electron chi connectivity index (χ0n) is 11.1. The van der Waals surface area contributed by atoms with Crippen molar-refractivity contribution in [3.05, 3.63) is 24.5 Å². The standard InChI is InChI=1S/C15H21N3/c1-2-3-4-9-17-10-6-11-18(13-12-17)15-7-5-8-16-14-15/h5,7-8,14H,2-3,6,10-13H2,1H3. The van der Waals surface area contributed by atoms with Gasteiger partial charge in [0.2, 0.25) is 0 Å². The lowest BCUT2D eigenvalue weighted by molar-refractivity contribution is 0.427. The van der Waals surface area contributed by atoms with Gasteiger partial charge in [0.25, 0.3) is 0 Å². The minimum atomic E-state index is 1.00. The van der Waals surface area contributed by atoms with Crippen LogP contribution in [0, 0.1) is 12.0 Å². The number of hydrogen-bond donors (Lipinski definition) is 0. The molecule has 0 bridgehead atoms. The van der Waals surface area contributed by atoms with Crippen LogP contribution in [0.25, 0.3) is 0 Å². The number of hydrogen-bond acceptors (Lipinski definition) is 3. The minimum Gasteiger partial charge on any atom is -0.368 e. The number of aromatic nitrogens is 1. The van der Waals surface area contributed by atoms with Gasteiger partial charge >= 0.3 is 0 Å². The molecule has 0 N–H and O–H groups in total. The summed E-state index contributed by atoms with van der Waals surface area (Å²) in [5.41, 5.74) is 1.22. The first-order valence-corrected chi connectivity index (χ1v) is 6.78. The fourth-order valence-electron chi connectivity index (χ4n) is 2.12. The molecule has 1 aliphatic rings. The van der Waals surface area contributed by atoms with E-state index in [1.54, 1.807) is 0 Å². The fourth-order valence-corrected chi connectivity index (χ4v) is 2.12. The van der Waals surface area contributed by atoms with Crippen molar-refractivity contribution in [3.63, 3.8) is 0 Å². The quantitative estimate of drug-likeness (QED) is 0.743. The van der Waals surface area contributed by atoms with Crippen LogP contribution in [0.4, 0.5) is 5.69 Å². The van der Waals surface area contributed by atoms with E-state index >= 15 is 0 Å². The molecule has 1 saturated heterocycles. The summed E-state index contributed by atoms with van der Waals surface area (Å²) in [6.45, 7) is 6.39. The topological polar surface area (TPSA) is 19.4 Å². The normalized spacial score (nSPS) is 15.8. The van der Waals surface area contributed by atoms with Crippen LogP contribution in [0.1, 0.15) is 26.2 Å². The molecule has 2 heterocycles. The van der Waals surface area contributed by atoms with E-state index in [1.807, 2.05) is 18.5 Å². The average molecular weight is 243 g/mol. The summed E-state index contributed by atoms with van der Waals surface area (Å²) in [6.07, 6.45) is 7.07. The highest BCUT2D eigenvalue weighted by Crippen LogP contribution is 2.14. The first-order valence-electron chi connectivity index (χ1n) is 6.78. The Labute approximate surface area is 110 Å². The smallest absolute Gasteiger partial charge is 0.0553 e. The monoisotopic (exact) mass is 243 g/mol. The van der Waals surface area contributed by atoms with Crippen LogP contribution in [-0.4, -0.2) is 36.1 Å². The Balaban J connectivity index is 1.91. The lowest BCUT2D eigenvalue weighted by atomic mass is 10.3. The Kier molecular flexibility index (Phi) is 4.89. The molecule has 1 fully saturated rings. The van der Waals surface area contributed by atoms with Crippen LogP contribution in [0.15, 0.2) is 24.5 Å². The second kappa shape index (κ2) is 6.90.